The molecule has 2 aliphatic heterocycles. The first-order valence-electron chi connectivity index (χ1n) is 7.58. The van der Waals surface area contributed by atoms with Crippen molar-refractivity contribution >= 4 is 11.8 Å². The summed E-state index contributed by atoms with van der Waals surface area (Å²) in [6, 6.07) is 2.04. The smallest absolute Gasteiger partial charge is 0.228 e. The van der Waals surface area contributed by atoms with Crippen LogP contribution in [0.4, 0.5) is 0 Å². The number of ether oxygens (including phenoxy) is 1. The maximum absolute atomic E-state index is 12.7. The topological polar surface area (TPSA) is 62.7 Å². The summed E-state index contributed by atoms with van der Waals surface area (Å²) in [5.41, 5.74) is 3.25. The highest BCUT2D eigenvalue weighted by Crippen LogP contribution is 2.27. The van der Waals surface area contributed by atoms with Crippen LogP contribution >= 0.6 is 0 Å². The lowest BCUT2D eigenvalue weighted by atomic mass is 10.1. The van der Waals surface area contributed by atoms with Crippen LogP contribution in [0.15, 0.2) is 12.3 Å². The molecule has 3 heterocycles. The van der Waals surface area contributed by atoms with Gasteiger partial charge in [0.15, 0.2) is 0 Å². The number of carbonyl (C=O) groups is 2. The van der Waals surface area contributed by atoms with Gasteiger partial charge in [-0.2, -0.15) is 0 Å². The van der Waals surface area contributed by atoms with Gasteiger partial charge in [-0.15, -0.1) is 0 Å². The van der Waals surface area contributed by atoms with Gasteiger partial charge >= 0.3 is 0 Å². The Morgan fingerprint density at radius 1 is 1.41 bits per heavy atom. The summed E-state index contributed by atoms with van der Waals surface area (Å²) in [4.78, 5) is 32.5. The van der Waals surface area contributed by atoms with Crippen LogP contribution in [0.1, 0.15) is 23.2 Å². The highest BCUT2D eigenvalue weighted by Gasteiger charge is 2.37. The van der Waals surface area contributed by atoms with Crippen LogP contribution in [0.3, 0.4) is 0 Å². The number of nitrogens with zero attached hydrogens (tertiary/aromatic N) is 3. The van der Waals surface area contributed by atoms with Crippen molar-refractivity contribution in [2.24, 2.45) is 5.92 Å². The molecule has 0 aliphatic carbocycles. The Morgan fingerprint density at radius 2 is 2.18 bits per heavy atom. The standard InChI is InChI=1S/C16H21N3O3/c1-11-5-12-8-19(10-14(12)7-17-11)16(21)13-6-15(20)18(9-13)3-4-22-2/h5,7,13H,3-4,6,8-10H2,1-2H3/t13-/m0/s1. The molecule has 6 nitrogen and oxygen atoms in total. The molecule has 0 bridgehead atoms. The molecule has 1 fully saturated rings. The summed E-state index contributed by atoms with van der Waals surface area (Å²) in [6.07, 6.45) is 2.16. The molecule has 0 radical (unpaired) electrons. The third-order valence-corrected chi connectivity index (χ3v) is 4.38. The second-order valence-corrected chi connectivity index (χ2v) is 6.02. The minimum atomic E-state index is -0.229. The summed E-state index contributed by atoms with van der Waals surface area (Å²) in [6.45, 7) is 4.75. The molecule has 1 aromatic rings. The molecule has 0 aromatic carbocycles. The number of amides is 2. The first-order chi connectivity index (χ1) is 10.6. The van der Waals surface area contributed by atoms with Crippen LogP contribution in [0, 0.1) is 12.8 Å². The van der Waals surface area contributed by atoms with Crippen molar-refractivity contribution in [2.75, 3.05) is 26.8 Å². The van der Waals surface area contributed by atoms with Crippen molar-refractivity contribution < 1.29 is 14.3 Å². The molecule has 1 saturated heterocycles. The van der Waals surface area contributed by atoms with E-state index in [1.54, 1.807) is 12.0 Å². The monoisotopic (exact) mass is 303 g/mol. The van der Waals surface area contributed by atoms with Gasteiger partial charge in [-0.25, -0.2) is 0 Å². The van der Waals surface area contributed by atoms with E-state index in [9.17, 15) is 9.59 Å². The third kappa shape index (κ3) is 2.83. The van der Waals surface area contributed by atoms with Crippen LogP contribution in [-0.2, 0) is 27.4 Å². The zero-order valence-corrected chi connectivity index (χ0v) is 13.0. The molecular formula is C16H21N3O3. The van der Waals surface area contributed by atoms with E-state index in [4.69, 9.17) is 4.74 Å². The molecule has 2 amide bonds. The van der Waals surface area contributed by atoms with Gasteiger partial charge in [0.25, 0.3) is 0 Å². The van der Waals surface area contributed by atoms with Crippen molar-refractivity contribution in [3.05, 3.63) is 29.1 Å². The van der Waals surface area contributed by atoms with E-state index in [1.807, 2.05) is 24.1 Å². The Labute approximate surface area is 130 Å². The fourth-order valence-corrected chi connectivity index (χ4v) is 3.17. The summed E-state index contributed by atoms with van der Waals surface area (Å²) in [5, 5.41) is 0. The van der Waals surface area contributed by atoms with Crippen LogP contribution in [0.25, 0.3) is 0 Å². The van der Waals surface area contributed by atoms with Gasteiger partial charge in [0, 0.05) is 51.6 Å². The van der Waals surface area contributed by atoms with Crippen LogP contribution < -0.4 is 0 Å². The van der Waals surface area contributed by atoms with Gasteiger partial charge in [-0.3, -0.25) is 14.6 Å². The first kappa shape index (κ1) is 15.0. The van der Waals surface area contributed by atoms with Gasteiger partial charge in [-0.05, 0) is 24.1 Å². The van der Waals surface area contributed by atoms with Crippen LogP contribution in [0.5, 0.6) is 0 Å². The molecule has 0 N–H and O–H groups in total. The third-order valence-electron chi connectivity index (χ3n) is 4.38. The Kier molecular flexibility index (Phi) is 4.11. The van der Waals surface area contributed by atoms with Gasteiger partial charge in [0.05, 0.1) is 12.5 Å². The minimum Gasteiger partial charge on any atom is -0.383 e. The van der Waals surface area contributed by atoms with Crippen molar-refractivity contribution in [1.29, 1.82) is 0 Å². The number of carbonyl (C=O) groups excluding carboxylic acids is 2. The number of aryl methyl sites for hydroxylation is 1. The van der Waals surface area contributed by atoms with E-state index in [0.717, 1.165) is 11.3 Å². The summed E-state index contributed by atoms with van der Waals surface area (Å²) >= 11 is 0. The fraction of sp³-hybridized carbons (Fsp3) is 0.562. The fourth-order valence-electron chi connectivity index (χ4n) is 3.17. The number of aromatic nitrogens is 1. The molecule has 6 heteroatoms. The average molecular weight is 303 g/mol. The minimum absolute atomic E-state index is 0.0459. The van der Waals surface area contributed by atoms with Crippen molar-refractivity contribution in [2.45, 2.75) is 26.4 Å². The molecule has 1 aromatic heterocycles. The molecule has 1 atom stereocenters. The largest absolute Gasteiger partial charge is 0.383 e. The molecule has 118 valence electrons. The molecule has 22 heavy (non-hydrogen) atoms. The van der Waals surface area contributed by atoms with Crippen molar-refractivity contribution in [3.8, 4) is 0 Å². The molecule has 3 rings (SSSR count). The van der Waals surface area contributed by atoms with Gasteiger partial charge in [0.2, 0.25) is 11.8 Å². The van der Waals surface area contributed by atoms with Crippen LogP contribution in [-0.4, -0.2) is 53.4 Å². The zero-order chi connectivity index (χ0) is 15.7. The normalized spacial score (nSPS) is 20.6. The molecular weight excluding hydrogens is 282 g/mol. The Hall–Kier alpha value is -1.95. The van der Waals surface area contributed by atoms with E-state index in [0.29, 0.717) is 39.2 Å². The van der Waals surface area contributed by atoms with E-state index >= 15 is 0 Å². The van der Waals surface area contributed by atoms with Crippen LogP contribution in [0.2, 0.25) is 0 Å². The highest BCUT2D eigenvalue weighted by atomic mass is 16.5. The maximum atomic E-state index is 12.7. The Morgan fingerprint density at radius 3 is 2.95 bits per heavy atom. The predicted molar refractivity (Wildman–Crippen MR) is 79.8 cm³/mol. The Balaban J connectivity index is 1.63. The highest BCUT2D eigenvalue weighted by molar-refractivity contribution is 5.89. The number of likely N-dealkylation sites (tertiary alicyclic amines) is 1. The summed E-state index contributed by atoms with van der Waals surface area (Å²) < 4.78 is 5.00. The number of pyridine rings is 1. The number of methoxy groups -OCH3 is 1. The molecule has 2 aliphatic rings. The number of fused-ring (bicyclic) bond motifs is 1. The van der Waals surface area contributed by atoms with E-state index < -0.39 is 0 Å². The zero-order valence-electron chi connectivity index (χ0n) is 13.0. The second kappa shape index (κ2) is 6.04. The number of hydrogen-bond donors (Lipinski definition) is 0. The molecule has 0 spiro atoms. The van der Waals surface area contributed by atoms with E-state index in [-0.39, 0.29) is 17.7 Å². The second-order valence-electron chi connectivity index (χ2n) is 6.02. The number of hydrogen-bond acceptors (Lipinski definition) is 4. The van der Waals surface area contributed by atoms with E-state index in [1.165, 1.54) is 5.56 Å². The first-order valence-corrected chi connectivity index (χ1v) is 7.58. The maximum Gasteiger partial charge on any atom is 0.228 e. The lowest BCUT2D eigenvalue weighted by molar-refractivity contribution is -0.136. The SMILES string of the molecule is COCCN1C[C@@H](C(=O)N2Cc3cnc(C)cc3C2)CC1=O. The van der Waals surface area contributed by atoms with Gasteiger partial charge in [0.1, 0.15) is 0 Å². The lowest BCUT2D eigenvalue weighted by Gasteiger charge is -2.20. The molecule has 0 unspecified atom stereocenters. The Bertz CT molecular complexity index is 602. The molecule has 0 saturated carbocycles. The summed E-state index contributed by atoms with van der Waals surface area (Å²) in [7, 11) is 1.61. The van der Waals surface area contributed by atoms with Gasteiger partial charge < -0.3 is 14.5 Å². The van der Waals surface area contributed by atoms with Gasteiger partial charge in [-0.1, -0.05) is 0 Å². The number of rotatable bonds is 4. The van der Waals surface area contributed by atoms with Crippen molar-refractivity contribution in [1.82, 2.24) is 14.8 Å². The quantitative estimate of drug-likeness (QED) is 0.822. The average Bonchev–Trinajstić information content (AvgIpc) is 3.07. The lowest BCUT2D eigenvalue weighted by Crippen LogP contribution is -2.34. The predicted octanol–water partition coefficient (Wildman–Crippen LogP) is 0.727. The van der Waals surface area contributed by atoms with E-state index in [2.05, 4.69) is 4.98 Å². The van der Waals surface area contributed by atoms with Crippen molar-refractivity contribution in [3.63, 3.8) is 0 Å². The summed E-state index contributed by atoms with van der Waals surface area (Å²) in [5.74, 6) is -0.112.